The van der Waals surface area contributed by atoms with Crippen LogP contribution in [0.1, 0.15) is 49.8 Å². The third-order valence-electron chi connectivity index (χ3n) is 3.44. The van der Waals surface area contributed by atoms with Crippen molar-refractivity contribution in [3.63, 3.8) is 0 Å². The number of carbonyl (C=O) groups is 1. The second-order valence-electron chi connectivity index (χ2n) is 6.02. The number of anilines is 1. The SMILES string of the molecule is Cc1cc(C(=O)N2CCCC(C)C2)nc(NC(C)C)n1. The van der Waals surface area contributed by atoms with Gasteiger partial charge in [0.25, 0.3) is 5.91 Å². The Labute approximate surface area is 120 Å². The van der Waals surface area contributed by atoms with E-state index in [1.54, 1.807) is 6.07 Å². The highest BCUT2D eigenvalue weighted by molar-refractivity contribution is 5.92. The summed E-state index contributed by atoms with van der Waals surface area (Å²) in [7, 11) is 0. The number of aromatic nitrogens is 2. The van der Waals surface area contributed by atoms with Crippen LogP contribution in [0.3, 0.4) is 0 Å². The summed E-state index contributed by atoms with van der Waals surface area (Å²) in [5.41, 5.74) is 1.31. The zero-order chi connectivity index (χ0) is 14.7. The lowest BCUT2D eigenvalue weighted by Gasteiger charge is -2.30. The van der Waals surface area contributed by atoms with Crippen LogP contribution in [0.25, 0.3) is 0 Å². The van der Waals surface area contributed by atoms with Gasteiger partial charge in [0.2, 0.25) is 5.95 Å². The Kier molecular flexibility index (Phi) is 4.57. The number of aryl methyl sites for hydroxylation is 1. The van der Waals surface area contributed by atoms with Crippen LogP contribution in [0.5, 0.6) is 0 Å². The molecule has 1 aromatic rings. The molecule has 0 spiro atoms. The average molecular weight is 276 g/mol. The van der Waals surface area contributed by atoms with E-state index < -0.39 is 0 Å². The van der Waals surface area contributed by atoms with E-state index in [1.807, 2.05) is 25.7 Å². The summed E-state index contributed by atoms with van der Waals surface area (Å²) >= 11 is 0. The number of nitrogens with one attached hydrogen (secondary N) is 1. The fraction of sp³-hybridized carbons (Fsp3) is 0.667. The molecule has 1 amide bonds. The molecule has 0 bridgehead atoms. The zero-order valence-corrected chi connectivity index (χ0v) is 12.8. The van der Waals surface area contributed by atoms with Crippen molar-refractivity contribution in [3.05, 3.63) is 17.5 Å². The Morgan fingerprint density at radius 3 is 2.85 bits per heavy atom. The minimum Gasteiger partial charge on any atom is -0.352 e. The third-order valence-corrected chi connectivity index (χ3v) is 3.44. The summed E-state index contributed by atoms with van der Waals surface area (Å²) in [6.07, 6.45) is 2.28. The second kappa shape index (κ2) is 6.20. The molecule has 1 unspecified atom stereocenters. The van der Waals surface area contributed by atoms with Gasteiger partial charge in [-0.1, -0.05) is 6.92 Å². The Hall–Kier alpha value is -1.65. The largest absolute Gasteiger partial charge is 0.352 e. The molecule has 1 atom stereocenters. The van der Waals surface area contributed by atoms with Crippen molar-refractivity contribution < 1.29 is 4.79 Å². The molecular formula is C15H24N4O. The van der Waals surface area contributed by atoms with Crippen LogP contribution in [0, 0.1) is 12.8 Å². The molecule has 1 fully saturated rings. The fourth-order valence-corrected chi connectivity index (χ4v) is 2.54. The van der Waals surface area contributed by atoms with Crippen LogP contribution in [-0.4, -0.2) is 39.9 Å². The fourth-order valence-electron chi connectivity index (χ4n) is 2.54. The normalized spacial score (nSPS) is 19.2. The Balaban J connectivity index is 2.18. The highest BCUT2D eigenvalue weighted by atomic mass is 16.2. The van der Waals surface area contributed by atoms with E-state index in [2.05, 4.69) is 22.2 Å². The maximum atomic E-state index is 12.5. The van der Waals surface area contributed by atoms with Crippen molar-refractivity contribution in [1.29, 1.82) is 0 Å². The van der Waals surface area contributed by atoms with Gasteiger partial charge in [-0.05, 0) is 45.6 Å². The molecule has 2 rings (SSSR count). The first-order chi connectivity index (χ1) is 9.45. The minimum atomic E-state index is 0.0221. The van der Waals surface area contributed by atoms with Crippen LogP contribution in [0.15, 0.2) is 6.07 Å². The lowest BCUT2D eigenvalue weighted by atomic mass is 10.00. The maximum Gasteiger partial charge on any atom is 0.272 e. The molecule has 110 valence electrons. The molecule has 0 radical (unpaired) electrons. The molecule has 5 nitrogen and oxygen atoms in total. The second-order valence-corrected chi connectivity index (χ2v) is 6.02. The van der Waals surface area contributed by atoms with Gasteiger partial charge in [-0.15, -0.1) is 0 Å². The number of likely N-dealkylation sites (tertiary alicyclic amines) is 1. The van der Waals surface area contributed by atoms with Crippen molar-refractivity contribution in [2.45, 2.75) is 46.6 Å². The number of piperidine rings is 1. The molecule has 2 heterocycles. The summed E-state index contributed by atoms with van der Waals surface area (Å²) in [6, 6.07) is 2.02. The lowest BCUT2D eigenvalue weighted by molar-refractivity contribution is 0.0677. The molecule has 0 aliphatic carbocycles. The predicted molar refractivity (Wildman–Crippen MR) is 79.8 cm³/mol. The number of rotatable bonds is 3. The molecule has 1 N–H and O–H groups in total. The van der Waals surface area contributed by atoms with Gasteiger partial charge in [-0.3, -0.25) is 4.79 Å². The van der Waals surface area contributed by atoms with Gasteiger partial charge >= 0.3 is 0 Å². The van der Waals surface area contributed by atoms with Gasteiger partial charge in [-0.2, -0.15) is 0 Å². The topological polar surface area (TPSA) is 58.1 Å². The first-order valence-electron chi connectivity index (χ1n) is 7.37. The van der Waals surface area contributed by atoms with Crippen molar-refractivity contribution in [3.8, 4) is 0 Å². The van der Waals surface area contributed by atoms with E-state index in [9.17, 15) is 4.79 Å². The molecule has 1 aliphatic rings. The molecule has 5 heteroatoms. The van der Waals surface area contributed by atoms with E-state index in [-0.39, 0.29) is 11.9 Å². The summed E-state index contributed by atoms with van der Waals surface area (Å²) < 4.78 is 0. The number of hydrogen-bond acceptors (Lipinski definition) is 4. The van der Waals surface area contributed by atoms with Gasteiger partial charge < -0.3 is 10.2 Å². The van der Waals surface area contributed by atoms with E-state index in [0.717, 1.165) is 25.2 Å². The molecule has 1 aromatic heterocycles. The number of carbonyl (C=O) groups excluding carboxylic acids is 1. The van der Waals surface area contributed by atoms with E-state index >= 15 is 0 Å². The lowest BCUT2D eigenvalue weighted by Crippen LogP contribution is -2.39. The monoisotopic (exact) mass is 276 g/mol. The third kappa shape index (κ3) is 3.68. The van der Waals surface area contributed by atoms with Crippen molar-refractivity contribution >= 4 is 11.9 Å². The number of hydrogen-bond donors (Lipinski definition) is 1. The number of nitrogens with zero attached hydrogens (tertiary/aromatic N) is 3. The summed E-state index contributed by atoms with van der Waals surface area (Å²) in [4.78, 5) is 23.1. The quantitative estimate of drug-likeness (QED) is 0.921. The molecule has 1 aliphatic heterocycles. The standard InChI is InChI=1S/C15H24N4O/c1-10(2)16-15-17-12(4)8-13(18-15)14(20)19-7-5-6-11(3)9-19/h8,10-11H,5-7,9H2,1-4H3,(H,16,17,18). The van der Waals surface area contributed by atoms with Gasteiger partial charge in [0.1, 0.15) is 5.69 Å². The highest BCUT2D eigenvalue weighted by Crippen LogP contribution is 2.18. The van der Waals surface area contributed by atoms with Crippen molar-refractivity contribution in [2.75, 3.05) is 18.4 Å². The minimum absolute atomic E-state index is 0.0221. The maximum absolute atomic E-state index is 12.5. The van der Waals surface area contributed by atoms with Crippen LogP contribution in [-0.2, 0) is 0 Å². The summed E-state index contributed by atoms with van der Waals surface area (Å²) in [5, 5.41) is 3.16. The zero-order valence-electron chi connectivity index (χ0n) is 12.8. The summed E-state index contributed by atoms with van der Waals surface area (Å²) in [6.45, 7) is 9.80. The Morgan fingerprint density at radius 2 is 2.20 bits per heavy atom. The predicted octanol–water partition coefficient (Wildman–Crippen LogP) is 2.48. The van der Waals surface area contributed by atoms with E-state index in [1.165, 1.54) is 6.42 Å². The van der Waals surface area contributed by atoms with Gasteiger partial charge in [-0.25, -0.2) is 9.97 Å². The number of amides is 1. The van der Waals surface area contributed by atoms with Crippen LogP contribution < -0.4 is 5.32 Å². The molecule has 0 aromatic carbocycles. The molecular weight excluding hydrogens is 252 g/mol. The van der Waals surface area contributed by atoms with Crippen molar-refractivity contribution in [1.82, 2.24) is 14.9 Å². The molecule has 20 heavy (non-hydrogen) atoms. The van der Waals surface area contributed by atoms with Gasteiger partial charge in [0, 0.05) is 24.8 Å². The van der Waals surface area contributed by atoms with Crippen LogP contribution >= 0.6 is 0 Å². The van der Waals surface area contributed by atoms with E-state index in [0.29, 0.717) is 17.6 Å². The van der Waals surface area contributed by atoms with Gasteiger partial charge in [0.15, 0.2) is 0 Å². The van der Waals surface area contributed by atoms with Crippen LogP contribution in [0.4, 0.5) is 5.95 Å². The Bertz CT molecular complexity index is 487. The Morgan fingerprint density at radius 1 is 1.45 bits per heavy atom. The highest BCUT2D eigenvalue weighted by Gasteiger charge is 2.23. The summed E-state index contributed by atoms with van der Waals surface area (Å²) in [5.74, 6) is 1.13. The molecule has 0 saturated carbocycles. The van der Waals surface area contributed by atoms with E-state index in [4.69, 9.17) is 0 Å². The van der Waals surface area contributed by atoms with Crippen LogP contribution in [0.2, 0.25) is 0 Å². The smallest absolute Gasteiger partial charge is 0.272 e. The molecule has 1 saturated heterocycles. The first-order valence-corrected chi connectivity index (χ1v) is 7.37. The van der Waals surface area contributed by atoms with Crippen molar-refractivity contribution in [2.24, 2.45) is 5.92 Å². The first kappa shape index (κ1) is 14.8. The van der Waals surface area contributed by atoms with Gasteiger partial charge in [0.05, 0.1) is 0 Å². The average Bonchev–Trinajstić information content (AvgIpc) is 2.36.